The molecule has 0 radical (unpaired) electrons. The molecule has 0 aliphatic rings. The molecule has 1 aromatic heterocycles. The van der Waals surface area contributed by atoms with Crippen LogP contribution in [0.1, 0.15) is 27.1 Å². The number of benzene rings is 2. The van der Waals surface area contributed by atoms with Gasteiger partial charge in [-0.15, -0.1) is 11.3 Å². The Morgan fingerprint density at radius 3 is 2.55 bits per heavy atom. The van der Waals surface area contributed by atoms with Crippen molar-refractivity contribution in [2.75, 3.05) is 0 Å². The van der Waals surface area contributed by atoms with E-state index in [9.17, 15) is 0 Å². The highest BCUT2D eigenvalue weighted by Crippen LogP contribution is 2.41. The van der Waals surface area contributed by atoms with Crippen molar-refractivity contribution in [1.29, 1.82) is 0 Å². The summed E-state index contributed by atoms with van der Waals surface area (Å²) in [5, 5.41) is 4.34. The molecule has 0 amide bonds. The lowest BCUT2D eigenvalue weighted by Gasteiger charge is -2.14. The minimum absolute atomic E-state index is 0.130. The summed E-state index contributed by atoms with van der Waals surface area (Å²) < 4.78 is 1.31. The molecule has 0 spiro atoms. The maximum Gasteiger partial charge on any atom is 0.0673 e. The zero-order valence-electron chi connectivity index (χ0n) is 11.3. The van der Waals surface area contributed by atoms with E-state index in [1.807, 2.05) is 0 Å². The summed E-state index contributed by atoms with van der Waals surface area (Å²) in [6.45, 7) is 4.22. The van der Waals surface area contributed by atoms with Gasteiger partial charge in [-0.25, -0.2) is 0 Å². The Morgan fingerprint density at radius 2 is 1.75 bits per heavy atom. The van der Waals surface area contributed by atoms with E-state index in [2.05, 4.69) is 71.6 Å². The van der Waals surface area contributed by atoms with Gasteiger partial charge in [-0.1, -0.05) is 51.8 Å². The first kappa shape index (κ1) is 14.1. The predicted octanol–water partition coefficient (Wildman–Crippen LogP) is 6.66. The molecule has 1 atom stereocenters. The molecule has 0 nitrogen and oxygen atoms in total. The molecule has 0 saturated carbocycles. The van der Waals surface area contributed by atoms with Crippen LogP contribution in [0.2, 0.25) is 5.02 Å². The number of thiophene rings is 1. The summed E-state index contributed by atoms with van der Waals surface area (Å²) in [6.07, 6.45) is 0. The van der Waals surface area contributed by atoms with Crippen LogP contribution in [-0.4, -0.2) is 0 Å². The third-order valence-electron chi connectivity index (χ3n) is 3.67. The Morgan fingerprint density at radius 1 is 1.05 bits per heavy atom. The van der Waals surface area contributed by atoms with Gasteiger partial charge in [-0.3, -0.25) is 0 Å². The van der Waals surface area contributed by atoms with Gasteiger partial charge in [0.2, 0.25) is 0 Å². The Labute approximate surface area is 136 Å². The van der Waals surface area contributed by atoms with Gasteiger partial charge in [0.1, 0.15) is 0 Å². The van der Waals surface area contributed by atoms with Crippen molar-refractivity contribution in [2.24, 2.45) is 0 Å². The second-order valence-corrected chi connectivity index (χ2v) is 7.24. The van der Waals surface area contributed by atoms with E-state index in [0.717, 1.165) is 10.6 Å². The molecule has 3 rings (SSSR count). The molecule has 3 heteroatoms. The van der Waals surface area contributed by atoms with Crippen LogP contribution < -0.4 is 0 Å². The summed E-state index contributed by atoms with van der Waals surface area (Å²) in [4.78, 5) is 0.130. The zero-order chi connectivity index (χ0) is 14.3. The Kier molecular flexibility index (Phi) is 3.89. The highest BCUT2D eigenvalue weighted by molar-refractivity contribution is 9.09. The van der Waals surface area contributed by atoms with Crippen molar-refractivity contribution in [2.45, 2.75) is 18.7 Å². The number of halogens is 2. The highest BCUT2D eigenvalue weighted by atomic mass is 79.9. The first-order chi connectivity index (χ1) is 9.58. The number of fused-ring (bicyclic) bond motifs is 1. The van der Waals surface area contributed by atoms with Gasteiger partial charge >= 0.3 is 0 Å². The van der Waals surface area contributed by atoms with Gasteiger partial charge in [0.05, 0.1) is 4.83 Å². The van der Waals surface area contributed by atoms with Crippen molar-refractivity contribution in [3.63, 3.8) is 0 Å². The molecule has 0 aliphatic heterocycles. The summed E-state index contributed by atoms with van der Waals surface area (Å²) in [6, 6.07) is 12.7. The molecule has 1 heterocycles. The molecular weight excluding hydrogens is 352 g/mol. The number of alkyl halides is 1. The monoisotopic (exact) mass is 364 g/mol. The number of rotatable bonds is 2. The van der Waals surface area contributed by atoms with E-state index in [4.69, 9.17) is 11.6 Å². The van der Waals surface area contributed by atoms with Crippen molar-refractivity contribution >= 4 is 49.0 Å². The van der Waals surface area contributed by atoms with Gasteiger partial charge in [-0.05, 0) is 59.0 Å². The fourth-order valence-electron chi connectivity index (χ4n) is 2.36. The van der Waals surface area contributed by atoms with Gasteiger partial charge in [0.25, 0.3) is 0 Å². The normalized spacial score (nSPS) is 12.8. The molecule has 3 aromatic rings. The molecule has 0 aliphatic carbocycles. The smallest absolute Gasteiger partial charge is 0.0673 e. The zero-order valence-corrected chi connectivity index (χ0v) is 14.4. The third-order valence-corrected chi connectivity index (χ3v) is 5.97. The maximum absolute atomic E-state index is 6.44. The average molecular weight is 366 g/mol. The van der Waals surface area contributed by atoms with E-state index in [0.29, 0.717) is 0 Å². The van der Waals surface area contributed by atoms with Crippen LogP contribution in [0, 0.1) is 13.8 Å². The molecule has 102 valence electrons. The van der Waals surface area contributed by atoms with Gasteiger partial charge in [-0.2, -0.15) is 0 Å². The van der Waals surface area contributed by atoms with Crippen molar-refractivity contribution in [3.8, 4) is 0 Å². The van der Waals surface area contributed by atoms with Crippen molar-refractivity contribution in [3.05, 3.63) is 69.1 Å². The Bertz CT molecular complexity index is 776. The molecule has 0 fully saturated rings. The number of hydrogen-bond donors (Lipinski definition) is 0. The van der Waals surface area contributed by atoms with E-state index in [1.54, 1.807) is 11.3 Å². The quantitative estimate of drug-likeness (QED) is 0.446. The average Bonchev–Trinajstić information content (AvgIpc) is 2.86. The van der Waals surface area contributed by atoms with Gasteiger partial charge < -0.3 is 0 Å². The predicted molar refractivity (Wildman–Crippen MR) is 93.5 cm³/mol. The van der Waals surface area contributed by atoms with Crippen LogP contribution in [0.25, 0.3) is 10.1 Å². The molecule has 2 aromatic carbocycles. The summed E-state index contributed by atoms with van der Waals surface area (Å²) >= 11 is 12.0. The largest absolute Gasteiger partial charge is 0.143 e. The summed E-state index contributed by atoms with van der Waals surface area (Å²) in [5.41, 5.74) is 4.93. The van der Waals surface area contributed by atoms with Crippen LogP contribution in [0.4, 0.5) is 0 Å². The molecule has 0 N–H and O–H groups in total. The molecular formula is C17H14BrClS. The van der Waals surface area contributed by atoms with E-state index >= 15 is 0 Å². The third kappa shape index (κ3) is 2.41. The lowest BCUT2D eigenvalue weighted by atomic mass is 10.00. The SMILES string of the molecule is Cc1cc(Cl)c(C(Br)c2csc3ccccc23)cc1C. The van der Waals surface area contributed by atoms with Crippen LogP contribution in [-0.2, 0) is 0 Å². The van der Waals surface area contributed by atoms with Crippen LogP contribution in [0.5, 0.6) is 0 Å². The van der Waals surface area contributed by atoms with E-state index in [-0.39, 0.29) is 4.83 Å². The fourth-order valence-corrected chi connectivity index (χ4v) is 4.74. The standard InChI is InChI=1S/C17H14BrClS/c1-10-7-13(15(19)8-11(10)2)17(18)14-9-20-16-6-4-3-5-12(14)16/h3-9,17H,1-2H3. The van der Waals surface area contributed by atoms with E-state index in [1.165, 1.54) is 26.8 Å². The van der Waals surface area contributed by atoms with Crippen LogP contribution in [0.15, 0.2) is 41.8 Å². The second-order valence-electron chi connectivity index (χ2n) is 5.01. The Balaban J connectivity index is 2.13. The van der Waals surface area contributed by atoms with Crippen molar-refractivity contribution in [1.82, 2.24) is 0 Å². The van der Waals surface area contributed by atoms with Gasteiger partial charge in [0.15, 0.2) is 0 Å². The first-order valence-electron chi connectivity index (χ1n) is 6.45. The Hall–Kier alpha value is -0.830. The highest BCUT2D eigenvalue weighted by Gasteiger charge is 2.18. The lowest BCUT2D eigenvalue weighted by molar-refractivity contribution is 1.18. The summed E-state index contributed by atoms with van der Waals surface area (Å²) in [7, 11) is 0. The van der Waals surface area contributed by atoms with Crippen LogP contribution in [0.3, 0.4) is 0 Å². The number of aryl methyl sites for hydroxylation is 2. The van der Waals surface area contributed by atoms with E-state index < -0.39 is 0 Å². The lowest BCUT2D eigenvalue weighted by Crippen LogP contribution is -1.95. The minimum Gasteiger partial charge on any atom is -0.143 e. The second kappa shape index (κ2) is 5.51. The van der Waals surface area contributed by atoms with Crippen LogP contribution >= 0.6 is 38.9 Å². The minimum atomic E-state index is 0.130. The molecule has 0 saturated heterocycles. The molecule has 20 heavy (non-hydrogen) atoms. The summed E-state index contributed by atoms with van der Waals surface area (Å²) in [5.74, 6) is 0. The maximum atomic E-state index is 6.44. The fraction of sp³-hybridized carbons (Fsp3) is 0.176. The van der Waals surface area contributed by atoms with Gasteiger partial charge in [0, 0.05) is 9.72 Å². The number of hydrogen-bond acceptors (Lipinski definition) is 1. The van der Waals surface area contributed by atoms with Crippen molar-refractivity contribution < 1.29 is 0 Å². The first-order valence-corrected chi connectivity index (χ1v) is 8.62. The topological polar surface area (TPSA) is 0 Å². The molecule has 0 bridgehead atoms. The molecule has 1 unspecified atom stereocenters.